The topological polar surface area (TPSA) is 95.9 Å². The van der Waals surface area contributed by atoms with Crippen LogP contribution in [0.25, 0.3) is 0 Å². The molecule has 0 aliphatic heterocycles. The lowest BCUT2D eigenvalue weighted by Gasteiger charge is -2.22. The number of carbonyl (C=O) groups is 2. The molecule has 0 radical (unpaired) electrons. The first-order chi connectivity index (χ1) is 40.5. The van der Waals surface area contributed by atoms with Gasteiger partial charge >= 0.3 is 5.97 Å². The predicted octanol–water partition coefficient (Wildman–Crippen LogP) is 24.7. The number of aliphatic hydroxyl groups is 2. The van der Waals surface area contributed by atoms with Crippen LogP contribution in [0.5, 0.6) is 0 Å². The molecule has 0 saturated heterocycles. The molecule has 2 unspecified atom stereocenters. The maximum Gasteiger partial charge on any atom is 0.305 e. The van der Waals surface area contributed by atoms with Gasteiger partial charge in [-0.2, -0.15) is 0 Å². The van der Waals surface area contributed by atoms with Crippen LogP contribution in [0, 0.1) is 0 Å². The number of unbranched alkanes of at least 4 members (excludes halogenated alkanes) is 59. The molecule has 0 aliphatic rings. The van der Waals surface area contributed by atoms with E-state index in [4.69, 9.17) is 4.74 Å². The molecular formula is C76H149NO5. The summed E-state index contributed by atoms with van der Waals surface area (Å²) in [6.45, 7) is 5.01. The molecule has 1 amide bonds. The number of amides is 1. The van der Waals surface area contributed by atoms with Crippen molar-refractivity contribution in [3.8, 4) is 0 Å². The number of nitrogens with one attached hydrogen (secondary N) is 1. The van der Waals surface area contributed by atoms with Crippen molar-refractivity contribution in [3.05, 3.63) is 12.2 Å². The molecular weight excluding hydrogens is 1010 g/mol. The highest BCUT2D eigenvalue weighted by Gasteiger charge is 2.20. The number of hydrogen-bond acceptors (Lipinski definition) is 5. The Kier molecular flexibility index (Phi) is 70.8. The first kappa shape index (κ1) is 80.6. The van der Waals surface area contributed by atoms with Crippen LogP contribution in [0.1, 0.15) is 438 Å². The van der Waals surface area contributed by atoms with Crippen molar-refractivity contribution >= 4 is 11.9 Å². The summed E-state index contributed by atoms with van der Waals surface area (Å²) in [4.78, 5) is 24.7. The van der Waals surface area contributed by atoms with Crippen LogP contribution >= 0.6 is 0 Å². The first-order valence-corrected chi connectivity index (χ1v) is 37.9. The third-order valence-electron chi connectivity index (χ3n) is 18.1. The van der Waals surface area contributed by atoms with Gasteiger partial charge < -0.3 is 20.3 Å². The van der Waals surface area contributed by atoms with Gasteiger partial charge in [-0.05, 0) is 51.4 Å². The lowest BCUT2D eigenvalue weighted by molar-refractivity contribution is -0.143. The van der Waals surface area contributed by atoms with Gasteiger partial charge in [0.15, 0.2) is 0 Å². The monoisotopic (exact) mass is 1160 g/mol. The van der Waals surface area contributed by atoms with Crippen LogP contribution in [0.15, 0.2) is 12.2 Å². The van der Waals surface area contributed by atoms with E-state index in [9.17, 15) is 19.8 Å². The second kappa shape index (κ2) is 72.1. The summed E-state index contributed by atoms with van der Waals surface area (Å²) in [7, 11) is 0. The van der Waals surface area contributed by atoms with E-state index < -0.39 is 12.1 Å². The summed E-state index contributed by atoms with van der Waals surface area (Å²) in [5, 5.41) is 23.4. The SMILES string of the molecule is CCCCCCCCCCCCCCCCCCCCCCCC(O)C(CO)NC(=O)CCCCCCCCCCCCC/C=C\CCCCCCCCCCCCCCOC(=O)CCCCCCCCCCCCCCCCCCC. The highest BCUT2D eigenvalue weighted by atomic mass is 16.5. The van der Waals surface area contributed by atoms with Crippen molar-refractivity contribution in [2.24, 2.45) is 0 Å². The molecule has 6 nitrogen and oxygen atoms in total. The number of esters is 1. The third-order valence-corrected chi connectivity index (χ3v) is 18.1. The van der Waals surface area contributed by atoms with Crippen LogP contribution in [-0.4, -0.2) is 47.4 Å². The van der Waals surface area contributed by atoms with E-state index in [1.165, 1.54) is 366 Å². The summed E-state index contributed by atoms with van der Waals surface area (Å²) in [5.41, 5.74) is 0. The number of allylic oxidation sites excluding steroid dienone is 2. The van der Waals surface area contributed by atoms with Gasteiger partial charge in [-0.3, -0.25) is 9.59 Å². The summed E-state index contributed by atoms with van der Waals surface area (Å²) in [6, 6.07) is -0.543. The van der Waals surface area contributed by atoms with Crippen molar-refractivity contribution < 1.29 is 24.5 Å². The normalized spacial score (nSPS) is 12.5. The van der Waals surface area contributed by atoms with Gasteiger partial charge in [0.25, 0.3) is 0 Å². The summed E-state index contributed by atoms with van der Waals surface area (Å²) < 4.78 is 5.51. The Balaban J connectivity index is 3.36. The number of aliphatic hydroxyl groups excluding tert-OH is 2. The highest BCUT2D eigenvalue weighted by Crippen LogP contribution is 2.20. The molecule has 0 aliphatic carbocycles. The Morgan fingerprint density at radius 1 is 0.329 bits per heavy atom. The molecule has 0 fully saturated rings. The van der Waals surface area contributed by atoms with Crippen molar-refractivity contribution in [1.82, 2.24) is 5.32 Å². The molecule has 6 heteroatoms. The minimum absolute atomic E-state index is 0.0204. The van der Waals surface area contributed by atoms with E-state index in [1.807, 2.05) is 0 Å². The standard InChI is InChI=1S/C76H149NO5/c1-3-5-7-9-11-13-15-17-19-21-22-30-33-37-40-44-48-52-56-60-64-68-74(79)73(72-78)77-75(80)69-65-61-57-53-49-45-41-38-34-31-28-26-24-23-25-27-29-32-35-39-43-47-51-55-59-63-67-71-82-76(81)70-66-62-58-54-50-46-42-36-20-18-16-14-12-10-8-6-4-2/h23-24,73-74,78-79H,3-22,25-72H2,1-2H3,(H,77,80)/b24-23-. The van der Waals surface area contributed by atoms with Crippen LogP contribution < -0.4 is 5.32 Å². The minimum Gasteiger partial charge on any atom is -0.466 e. The molecule has 3 N–H and O–H groups in total. The van der Waals surface area contributed by atoms with Crippen molar-refractivity contribution in [3.63, 3.8) is 0 Å². The molecule has 0 aromatic carbocycles. The van der Waals surface area contributed by atoms with Gasteiger partial charge in [0.2, 0.25) is 5.91 Å². The fourth-order valence-electron chi connectivity index (χ4n) is 12.3. The summed E-state index contributed by atoms with van der Waals surface area (Å²) in [5.74, 6) is -0.0101. The maximum atomic E-state index is 12.6. The van der Waals surface area contributed by atoms with E-state index in [0.29, 0.717) is 25.9 Å². The van der Waals surface area contributed by atoms with Gasteiger partial charge in [0.1, 0.15) is 0 Å². The fraction of sp³-hybridized carbons (Fsp3) is 0.947. The second-order valence-corrected chi connectivity index (χ2v) is 26.3. The molecule has 82 heavy (non-hydrogen) atoms. The van der Waals surface area contributed by atoms with Gasteiger partial charge in [-0.15, -0.1) is 0 Å². The highest BCUT2D eigenvalue weighted by molar-refractivity contribution is 5.76. The van der Waals surface area contributed by atoms with Crippen LogP contribution in [-0.2, 0) is 14.3 Å². The Hall–Kier alpha value is -1.40. The molecule has 0 spiro atoms. The van der Waals surface area contributed by atoms with Crippen LogP contribution in [0.4, 0.5) is 0 Å². The average molecular weight is 1160 g/mol. The smallest absolute Gasteiger partial charge is 0.305 e. The van der Waals surface area contributed by atoms with Crippen LogP contribution in [0.3, 0.4) is 0 Å². The third kappa shape index (κ3) is 67.7. The van der Waals surface area contributed by atoms with E-state index >= 15 is 0 Å². The largest absolute Gasteiger partial charge is 0.466 e. The van der Waals surface area contributed by atoms with Gasteiger partial charge in [-0.25, -0.2) is 0 Å². The Bertz CT molecular complexity index is 1240. The Morgan fingerprint density at radius 3 is 0.866 bits per heavy atom. The van der Waals surface area contributed by atoms with E-state index in [0.717, 1.165) is 38.5 Å². The lowest BCUT2D eigenvalue weighted by Crippen LogP contribution is -2.45. The zero-order valence-electron chi connectivity index (χ0n) is 56.0. The fourth-order valence-corrected chi connectivity index (χ4v) is 12.3. The van der Waals surface area contributed by atoms with Gasteiger partial charge in [0.05, 0.1) is 25.4 Å². The van der Waals surface area contributed by atoms with E-state index in [2.05, 4.69) is 31.3 Å². The molecule has 0 aromatic heterocycles. The molecule has 488 valence electrons. The molecule has 0 heterocycles. The predicted molar refractivity (Wildman–Crippen MR) is 361 cm³/mol. The number of ether oxygens (including phenoxy) is 1. The second-order valence-electron chi connectivity index (χ2n) is 26.3. The molecule has 0 rings (SSSR count). The number of carbonyl (C=O) groups excluding carboxylic acids is 2. The first-order valence-electron chi connectivity index (χ1n) is 37.9. The molecule has 0 saturated carbocycles. The average Bonchev–Trinajstić information content (AvgIpc) is 3.48. The van der Waals surface area contributed by atoms with Crippen molar-refractivity contribution in [2.75, 3.05) is 13.2 Å². The van der Waals surface area contributed by atoms with E-state index in [1.54, 1.807) is 0 Å². The Labute approximate surface area is 514 Å². The Morgan fingerprint density at radius 2 is 0.573 bits per heavy atom. The van der Waals surface area contributed by atoms with E-state index in [-0.39, 0.29) is 18.5 Å². The summed E-state index contributed by atoms with van der Waals surface area (Å²) >= 11 is 0. The van der Waals surface area contributed by atoms with Gasteiger partial charge in [0, 0.05) is 12.8 Å². The zero-order valence-corrected chi connectivity index (χ0v) is 56.0. The molecule has 0 aromatic rings. The minimum atomic E-state index is -0.665. The number of hydrogen-bond donors (Lipinski definition) is 3. The van der Waals surface area contributed by atoms with Crippen molar-refractivity contribution in [1.29, 1.82) is 0 Å². The summed E-state index contributed by atoms with van der Waals surface area (Å²) in [6.07, 6.45) is 89.9. The maximum absolute atomic E-state index is 12.6. The lowest BCUT2D eigenvalue weighted by atomic mass is 10.0. The quantitative estimate of drug-likeness (QED) is 0.0320. The molecule has 2 atom stereocenters. The van der Waals surface area contributed by atoms with Gasteiger partial charge in [-0.1, -0.05) is 386 Å². The zero-order chi connectivity index (χ0) is 59.2. The molecule has 0 bridgehead atoms. The number of rotatable bonds is 72. The van der Waals surface area contributed by atoms with Crippen LogP contribution in [0.2, 0.25) is 0 Å². The van der Waals surface area contributed by atoms with Crippen molar-refractivity contribution in [2.45, 2.75) is 450 Å².